The van der Waals surface area contributed by atoms with Crippen molar-refractivity contribution in [2.45, 2.75) is 39.7 Å². The van der Waals surface area contributed by atoms with E-state index < -0.39 is 0 Å². The number of rotatable bonds is 5. The molecule has 1 unspecified atom stereocenters. The van der Waals surface area contributed by atoms with Gasteiger partial charge < -0.3 is 5.32 Å². The lowest BCUT2D eigenvalue weighted by atomic mass is 9.98. The van der Waals surface area contributed by atoms with Gasteiger partial charge >= 0.3 is 0 Å². The Balaban J connectivity index is 2.12. The largest absolute Gasteiger partial charge is 0.310 e. The molecule has 0 radical (unpaired) electrons. The topological polar surface area (TPSA) is 12.0 Å². The van der Waals surface area contributed by atoms with Crippen LogP contribution in [-0.4, -0.2) is 12.6 Å². The minimum atomic E-state index is 0.470. The van der Waals surface area contributed by atoms with Crippen LogP contribution in [0.25, 0.3) is 5.57 Å². The van der Waals surface area contributed by atoms with Crippen LogP contribution in [0, 0.1) is 5.92 Å². The molecule has 1 aromatic carbocycles. The predicted octanol–water partition coefficient (Wildman–Crippen LogP) is 3.87. The molecule has 2 rings (SSSR count). The zero-order valence-corrected chi connectivity index (χ0v) is 11.2. The van der Waals surface area contributed by atoms with E-state index in [-0.39, 0.29) is 0 Å². The van der Waals surface area contributed by atoms with Crippen molar-refractivity contribution in [3.05, 3.63) is 41.5 Å². The summed E-state index contributed by atoms with van der Waals surface area (Å²) in [5.74, 6) is 0.707. The van der Waals surface area contributed by atoms with Crippen molar-refractivity contribution >= 4 is 5.57 Å². The van der Waals surface area contributed by atoms with E-state index in [0.717, 1.165) is 6.54 Å². The molecule has 0 aliphatic heterocycles. The fourth-order valence-corrected chi connectivity index (χ4v) is 2.22. The molecule has 1 fully saturated rings. The van der Waals surface area contributed by atoms with Crippen LogP contribution in [0.4, 0.5) is 0 Å². The van der Waals surface area contributed by atoms with Crippen LogP contribution in [0.15, 0.2) is 35.9 Å². The number of hydrogen-bond acceptors (Lipinski definition) is 1. The van der Waals surface area contributed by atoms with Gasteiger partial charge in [0, 0.05) is 6.04 Å². The average Bonchev–Trinajstić information content (AvgIpc) is 3.12. The van der Waals surface area contributed by atoms with Crippen LogP contribution in [0.1, 0.15) is 39.2 Å². The molecule has 17 heavy (non-hydrogen) atoms. The standard InChI is InChI=1S/C16H23N/c1-12(2)11-17-13(3)16(15-9-10-15)14-7-5-4-6-8-14/h4-8,12-13,17H,9-11H2,1-3H3. The quantitative estimate of drug-likeness (QED) is 0.808. The Morgan fingerprint density at radius 3 is 2.29 bits per heavy atom. The highest BCUT2D eigenvalue weighted by atomic mass is 14.9. The molecule has 1 saturated carbocycles. The molecule has 0 spiro atoms. The van der Waals surface area contributed by atoms with E-state index in [1.54, 1.807) is 5.57 Å². The van der Waals surface area contributed by atoms with Crippen molar-refractivity contribution in [1.29, 1.82) is 0 Å². The second-order valence-corrected chi connectivity index (χ2v) is 5.41. The molecule has 0 saturated heterocycles. The Hall–Kier alpha value is -1.08. The van der Waals surface area contributed by atoms with E-state index in [4.69, 9.17) is 0 Å². The third-order valence-electron chi connectivity index (χ3n) is 3.23. The van der Waals surface area contributed by atoms with Crippen molar-refractivity contribution in [2.24, 2.45) is 5.92 Å². The molecule has 0 heterocycles. The molecule has 0 aromatic heterocycles. The molecule has 1 aliphatic carbocycles. The maximum atomic E-state index is 3.64. The van der Waals surface area contributed by atoms with Crippen LogP contribution < -0.4 is 5.32 Å². The Labute approximate surface area is 105 Å². The van der Waals surface area contributed by atoms with Crippen LogP contribution in [0.3, 0.4) is 0 Å². The van der Waals surface area contributed by atoms with Crippen LogP contribution in [-0.2, 0) is 0 Å². The van der Waals surface area contributed by atoms with Crippen LogP contribution >= 0.6 is 0 Å². The van der Waals surface area contributed by atoms with Gasteiger partial charge in [-0.15, -0.1) is 0 Å². The summed E-state index contributed by atoms with van der Waals surface area (Å²) in [6.07, 6.45) is 2.58. The van der Waals surface area contributed by atoms with Crippen molar-refractivity contribution in [2.75, 3.05) is 6.54 Å². The van der Waals surface area contributed by atoms with Crippen LogP contribution in [0.5, 0.6) is 0 Å². The zero-order chi connectivity index (χ0) is 12.3. The fourth-order valence-electron chi connectivity index (χ4n) is 2.22. The Bertz CT molecular complexity index is 383. The summed E-state index contributed by atoms with van der Waals surface area (Å²) < 4.78 is 0. The lowest BCUT2D eigenvalue weighted by Crippen LogP contribution is -2.30. The second-order valence-electron chi connectivity index (χ2n) is 5.41. The summed E-state index contributed by atoms with van der Waals surface area (Å²) in [7, 11) is 0. The first-order valence-corrected chi connectivity index (χ1v) is 6.69. The highest BCUT2D eigenvalue weighted by molar-refractivity contribution is 5.74. The minimum absolute atomic E-state index is 0.470. The number of allylic oxidation sites excluding steroid dienone is 1. The van der Waals surface area contributed by atoms with Gasteiger partial charge in [-0.05, 0) is 43.4 Å². The summed E-state index contributed by atoms with van der Waals surface area (Å²) >= 11 is 0. The van der Waals surface area contributed by atoms with Gasteiger partial charge in [0.1, 0.15) is 0 Å². The van der Waals surface area contributed by atoms with Crippen LogP contribution in [0.2, 0.25) is 0 Å². The summed E-state index contributed by atoms with van der Waals surface area (Å²) in [5.41, 5.74) is 4.56. The smallest absolute Gasteiger partial charge is 0.0297 e. The molecule has 1 atom stereocenters. The van der Waals surface area contributed by atoms with E-state index in [1.807, 2.05) is 0 Å². The SMILES string of the molecule is CC(C)CNC(C)C(=C1CC1)c1ccccc1. The Morgan fingerprint density at radius 1 is 1.12 bits per heavy atom. The van der Waals surface area contributed by atoms with Gasteiger partial charge in [-0.2, -0.15) is 0 Å². The van der Waals surface area contributed by atoms with E-state index in [9.17, 15) is 0 Å². The van der Waals surface area contributed by atoms with E-state index in [2.05, 4.69) is 56.4 Å². The van der Waals surface area contributed by atoms with E-state index in [1.165, 1.54) is 24.0 Å². The summed E-state index contributed by atoms with van der Waals surface area (Å²) in [6.45, 7) is 7.89. The molecule has 1 nitrogen and oxygen atoms in total. The first-order chi connectivity index (χ1) is 8.18. The van der Waals surface area contributed by atoms with Crippen molar-refractivity contribution in [3.63, 3.8) is 0 Å². The van der Waals surface area contributed by atoms with E-state index >= 15 is 0 Å². The maximum Gasteiger partial charge on any atom is 0.0297 e. The zero-order valence-electron chi connectivity index (χ0n) is 11.2. The minimum Gasteiger partial charge on any atom is -0.310 e. The van der Waals surface area contributed by atoms with Gasteiger partial charge in [-0.25, -0.2) is 0 Å². The van der Waals surface area contributed by atoms with Crippen molar-refractivity contribution in [1.82, 2.24) is 5.32 Å². The molecule has 92 valence electrons. The number of hydrogen-bond donors (Lipinski definition) is 1. The van der Waals surface area contributed by atoms with Crippen molar-refractivity contribution in [3.8, 4) is 0 Å². The lowest BCUT2D eigenvalue weighted by Gasteiger charge is -2.19. The second kappa shape index (κ2) is 5.50. The third kappa shape index (κ3) is 3.44. The highest BCUT2D eigenvalue weighted by Gasteiger charge is 2.22. The molecule has 0 amide bonds. The molecule has 0 bridgehead atoms. The van der Waals surface area contributed by atoms with Gasteiger partial charge in [0.15, 0.2) is 0 Å². The monoisotopic (exact) mass is 229 g/mol. The first kappa shape index (κ1) is 12.4. The lowest BCUT2D eigenvalue weighted by molar-refractivity contribution is 0.533. The van der Waals surface area contributed by atoms with Gasteiger partial charge in [0.2, 0.25) is 0 Å². The van der Waals surface area contributed by atoms with Gasteiger partial charge in [-0.3, -0.25) is 0 Å². The highest BCUT2D eigenvalue weighted by Crippen LogP contribution is 2.38. The van der Waals surface area contributed by atoms with E-state index in [0.29, 0.717) is 12.0 Å². The molecular formula is C16H23N. The normalized spacial score (nSPS) is 16.1. The predicted molar refractivity (Wildman–Crippen MR) is 74.9 cm³/mol. The van der Waals surface area contributed by atoms with Crippen molar-refractivity contribution < 1.29 is 0 Å². The van der Waals surface area contributed by atoms with Gasteiger partial charge in [0.05, 0.1) is 0 Å². The first-order valence-electron chi connectivity index (χ1n) is 6.69. The molecular weight excluding hydrogens is 206 g/mol. The third-order valence-corrected chi connectivity index (χ3v) is 3.23. The summed E-state index contributed by atoms with van der Waals surface area (Å²) in [6, 6.07) is 11.3. The molecule has 1 heteroatoms. The fraction of sp³-hybridized carbons (Fsp3) is 0.500. The molecule has 1 N–H and O–H groups in total. The Morgan fingerprint density at radius 2 is 1.76 bits per heavy atom. The average molecular weight is 229 g/mol. The number of nitrogens with one attached hydrogen (secondary N) is 1. The Kier molecular flexibility index (Phi) is 4.01. The summed E-state index contributed by atoms with van der Waals surface area (Å²) in [4.78, 5) is 0. The maximum absolute atomic E-state index is 3.64. The van der Waals surface area contributed by atoms with Gasteiger partial charge in [-0.1, -0.05) is 49.8 Å². The summed E-state index contributed by atoms with van der Waals surface area (Å²) in [5, 5.41) is 3.64. The van der Waals surface area contributed by atoms with Gasteiger partial charge in [0.25, 0.3) is 0 Å². The molecule has 1 aliphatic rings. The number of benzene rings is 1. The molecule has 1 aromatic rings.